The highest BCUT2D eigenvalue weighted by atomic mass is 32.2. The normalized spacial score (nSPS) is 21.2. The molecule has 0 spiro atoms. The van der Waals surface area contributed by atoms with E-state index in [0.29, 0.717) is 13.0 Å². The molecule has 1 fully saturated rings. The van der Waals surface area contributed by atoms with E-state index in [4.69, 9.17) is 0 Å². The molecular weight excluding hydrogens is 366 g/mol. The second kappa shape index (κ2) is 8.84. The van der Waals surface area contributed by atoms with Crippen molar-refractivity contribution >= 4 is 27.3 Å². The number of para-hydroxylation sites is 1. The Bertz CT molecular complexity index is 794. The van der Waals surface area contributed by atoms with Gasteiger partial charge < -0.3 is 10.6 Å². The summed E-state index contributed by atoms with van der Waals surface area (Å²) in [4.78, 5) is 26.5. The number of aryl methyl sites for hydroxylation is 1. The number of hydrogen-bond acceptors (Lipinski definition) is 5. The summed E-state index contributed by atoms with van der Waals surface area (Å²) in [6, 6.07) is 7.52. The van der Waals surface area contributed by atoms with E-state index in [2.05, 4.69) is 10.6 Å². The Hall–Kier alpha value is -1.93. The molecule has 1 aromatic carbocycles. The van der Waals surface area contributed by atoms with Gasteiger partial charge in [-0.15, -0.1) is 0 Å². The third-order valence-corrected chi connectivity index (χ3v) is 6.54. The van der Waals surface area contributed by atoms with E-state index in [1.807, 2.05) is 38.1 Å². The van der Waals surface area contributed by atoms with E-state index in [1.54, 1.807) is 11.8 Å². The van der Waals surface area contributed by atoms with E-state index in [0.717, 1.165) is 17.7 Å². The number of anilines is 1. The van der Waals surface area contributed by atoms with E-state index in [1.165, 1.54) is 0 Å². The molecule has 1 atom stereocenters. The van der Waals surface area contributed by atoms with Crippen LogP contribution in [0.25, 0.3) is 0 Å². The lowest BCUT2D eigenvalue weighted by molar-refractivity contribution is -0.124. The molecule has 1 aromatic rings. The molecule has 0 aromatic heterocycles. The number of amides is 2. The molecule has 0 bridgehead atoms. The number of rotatable bonds is 8. The van der Waals surface area contributed by atoms with Crippen LogP contribution in [-0.2, 0) is 19.4 Å². The van der Waals surface area contributed by atoms with Crippen molar-refractivity contribution in [2.24, 2.45) is 0 Å². The van der Waals surface area contributed by atoms with Crippen LogP contribution in [0.3, 0.4) is 0 Å². The van der Waals surface area contributed by atoms with Crippen LogP contribution >= 0.6 is 0 Å². The average Bonchev–Trinajstić information content (AvgIpc) is 2.82. The van der Waals surface area contributed by atoms with Crippen LogP contribution in [0.2, 0.25) is 0 Å². The third-order valence-electron chi connectivity index (χ3n) is 4.64. The molecule has 2 rings (SSSR count). The number of hydrogen-bond donors (Lipinski definition) is 2. The van der Waals surface area contributed by atoms with Crippen molar-refractivity contribution in [2.45, 2.75) is 39.2 Å². The summed E-state index contributed by atoms with van der Waals surface area (Å²) in [6.07, 6.45) is 1.22. The predicted molar refractivity (Wildman–Crippen MR) is 106 cm³/mol. The van der Waals surface area contributed by atoms with Crippen molar-refractivity contribution in [2.75, 3.05) is 36.5 Å². The smallest absolute Gasteiger partial charge is 0.238 e. The van der Waals surface area contributed by atoms with E-state index in [-0.39, 0.29) is 36.4 Å². The minimum absolute atomic E-state index is 0.0344. The fraction of sp³-hybridized carbons (Fsp3) is 0.579. The molecule has 7 nitrogen and oxygen atoms in total. The first kappa shape index (κ1) is 21.4. The number of sulfone groups is 1. The van der Waals surface area contributed by atoms with Crippen molar-refractivity contribution < 1.29 is 18.0 Å². The van der Waals surface area contributed by atoms with Crippen molar-refractivity contribution in [3.05, 3.63) is 29.8 Å². The Morgan fingerprint density at radius 2 is 1.85 bits per heavy atom. The number of nitrogens with zero attached hydrogens (tertiary/aromatic N) is 1. The highest BCUT2D eigenvalue weighted by molar-refractivity contribution is 7.91. The van der Waals surface area contributed by atoms with Gasteiger partial charge in [-0.2, -0.15) is 0 Å². The van der Waals surface area contributed by atoms with Gasteiger partial charge in [-0.1, -0.05) is 25.1 Å². The fourth-order valence-corrected chi connectivity index (χ4v) is 5.42. The maximum absolute atomic E-state index is 12.4. The summed E-state index contributed by atoms with van der Waals surface area (Å²) in [7, 11) is -3.09. The zero-order valence-corrected chi connectivity index (χ0v) is 17.1. The first-order valence-electron chi connectivity index (χ1n) is 9.22. The monoisotopic (exact) mass is 395 g/mol. The number of carbonyl (C=O) groups is 2. The van der Waals surface area contributed by atoms with Crippen LogP contribution in [0.4, 0.5) is 5.69 Å². The summed E-state index contributed by atoms with van der Waals surface area (Å²) < 4.78 is 23.4. The Balaban J connectivity index is 1.91. The second-order valence-electron chi connectivity index (χ2n) is 7.52. The molecule has 150 valence electrons. The molecule has 2 N–H and O–H groups in total. The van der Waals surface area contributed by atoms with E-state index in [9.17, 15) is 18.0 Å². The minimum Gasteiger partial charge on any atom is -0.349 e. The third kappa shape index (κ3) is 6.62. The quantitative estimate of drug-likeness (QED) is 0.693. The Kier molecular flexibility index (Phi) is 7.00. The van der Waals surface area contributed by atoms with E-state index < -0.39 is 15.4 Å². The highest BCUT2D eigenvalue weighted by Crippen LogP contribution is 2.22. The molecule has 2 amide bonds. The van der Waals surface area contributed by atoms with Gasteiger partial charge in [-0.3, -0.25) is 14.5 Å². The molecule has 1 saturated heterocycles. The molecule has 0 saturated carbocycles. The van der Waals surface area contributed by atoms with Gasteiger partial charge in [0.25, 0.3) is 0 Å². The van der Waals surface area contributed by atoms with Crippen LogP contribution in [0.15, 0.2) is 24.3 Å². The number of benzene rings is 1. The summed E-state index contributed by atoms with van der Waals surface area (Å²) >= 11 is 0. The molecule has 1 aliphatic rings. The SMILES string of the molecule is CCCN(CC(=O)Nc1ccccc1C)CC(=O)N[C@@]1(C)CCS(=O)(=O)C1. The van der Waals surface area contributed by atoms with Crippen molar-refractivity contribution in [3.63, 3.8) is 0 Å². The fourth-order valence-electron chi connectivity index (χ4n) is 3.32. The van der Waals surface area contributed by atoms with Crippen LogP contribution in [0.5, 0.6) is 0 Å². The van der Waals surface area contributed by atoms with Crippen LogP contribution in [0.1, 0.15) is 32.3 Å². The number of carbonyl (C=O) groups excluding carboxylic acids is 2. The lowest BCUT2D eigenvalue weighted by Gasteiger charge is -2.27. The van der Waals surface area contributed by atoms with Crippen molar-refractivity contribution in [3.8, 4) is 0 Å². The minimum atomic E-state index is -3.09. The Morgan fingerprint density at radius 3 is 2.44 bits per heavy atom. The van der Waals surface area contributed by atoms with Gasteiger partial charge in [0, 0.05) is 5.69 Å². The molecule has 8 heteroatoms. The van der Waals surface area contributed by atoms with Crippen LogP contribution in [-0.4, -0.2) is 61.8 Å². The Labute approximate surface area is 161 Å². The lowest BCUT2D eigenvalue weighted by Crippen LogP contribution is -2.51. The van der Waals surface area contributed by atoms with Crippen LogP contribution < -0.4 is 10.6 Å². The molecule has 0 unspecified atom stereocenters. The van der Waals surface area contributed by atoms with Gasteiger partial charge in [0.1, 0.15) is 0 Å². The van der Waals surface area contributed by atoms with Gasteiger partial charge in [-0.25, -0.2) is 8.42 Å². The second-order valence-corrected chi connectivity index (χ2v) is 9.71. The zero-order valence-electron chi connectivity index (χ0n) is 16.2. The lowest BCUT2D eigenvalue weighted by atomic mass is 10.0. The highest BCUT2D eigenvalue weighted by Gasteiger charge is 2.39. The maximum Gasteiger partial charge on any atom is 0.238 e. The van der Waals surface area contributed by atoms with E-state index >= 15 is 0 Å². The van der Waals surface area contributed by atoms with Crippen LogP contribution in [0, 0.1) is 6.92 Å². The van der Waals surface area contributed by atoms with Gasteiger partial charge in [0.05, 0.1) is 30.1 Å². The Morgan fingerprint density at radius 1 is 1.19 bits per heavy atom. The summed E-state index contributed by atoms with van der Waals surface area (Å²) in [5.41, 5.74) is 1.00. The predicted octanol–water partition coefficient (Wildman–Crippen LogP) is 1.34. The maximum atomic E-state index is 12.4. The summed E-state index contributed by atoms with van der Waals surface area (Å²) in [5.74, 6) is -0.374. The van der Waals surface area contributed by atoms with Gasteiger partial charge in [0.2, 0.25) is 11.8 Å². The number of nitrogens with one attached hydrogen (secondary N) is 2. The molecule has 1 heterocycles. The first-order valence-corrected chi connectivity index (χ1v) is 11.0. The summed E-state index contributed by atoms with van der Waals surface area (Å²) in [5, 5.41) is 5.71. The van der Waals surface area contributed by atoms with Crippen molar-refractivity contribution in [1.82, 2.24) is 10.2 Å². The molecule has 0 radical (unpaired) electrons. The van der Waals surface area contributed by atoms with Crippen molar-refractivity contribution in [1.29, 1.82) is 0 Å². The summed E-state index contributed by atoms with van der Waals surface area (Å²) in [6.45, 7) is 6.42. The standard InChI is InChI=1S/C19H29N3O4S/c1-4-10-22(12-17(23)20-16-8-6-5-7-15(16)2)13-18(24)21-19(3)9-11-27(25,26)14-19/h5-8H,4,9-14H2,1-3H3,(H,20,23)(H,21,24)/t19-/m0/s1. The first-order chi connectivity index (χ1) is 12.6. The van der Waals surface area contributed by atoms with Gasteiger partial charge in [0.15, 0.2) is 9.84 Å². The largest absolute Gasteiger partial charge is 0.349 e. The molecular formula is C19H29N3O4S. The van der Waals surface area contributed by atoms with Gasteiger partial charge in [-0.05, 0) is 44.9 Å². The topological polar surface area (TPSA) is 95.6 Å². The zero-order chi connectivity index (χ0) is 20.1. The average molecular weight is 396 g/mol. The molecule has 1 aliphatic heterocycles. The molecule has 0 aliphatic carbocycles. The molecule has 27 heavy (non-hydrogen) atoms. The van der Waals surface area contributed by atoms with Gasteiger partial charge >= 0.3 is 0 Å².